The first kappa shape index (κ1) is 49.3. The number of pyridine rings is 1. The number of nitrogens with two attached hydrogens (primary N) is 1. The van der Waals surface area contributed by atoms with Crippen LogP contribution in [0.4, 0.5) is 4.79 Å². The quantitative estimate of drug-likeness (QED) is 0.0419. The fourth-order valence-corrected chi connectivity index (χ4v) is 5.25. The molecular weight excluding hydrogens is 786 g/mol. The Bertz CT molecular complexity index is 1840. The summed E-state index contributed by atoms with van der Waals surface area (Å²) in [5, 5.41) is 31.7. The van der Waals surface area contributed by atoms with Crippen molar-refractivity contribution in [3.05, 3.63) is 72.1 Å². The van der Waals surface area contributed by atoms with Gasteiger partial charge in [-0.05, 0) is 76.6 Å². The third kappa shape index (κ3) is 19.5. The van der Waals surface area contributed by atoms with E-state index in [1.807, 2.05) is 0 Å². The van der Waals surface area contributed by atoms with E-state index in [1.165, 1.54) is 37.4 Å². The number of hydrogen-bond acceptors (Lipinski definition) is 12. The van der Waals surface area contributed by atoms with Crippen molar-refractivity contribution >= 4 is 59.6 Å². The Morgan fingerprint density at radius 2 is 1.50 bits per heavy atom. The van der Waals surface area contributed by atoms with Gasteiger partial charge < -0.3 is 52.0 Å². The van der Waals surface area contributed by atoms with E-state index in [9.17, 15) is 53.4 Å². The molecule has 0 spiro atoms. The Kier molecular flexibility index (Phi) is 20.4. The zero-order valence-electron chi connectivity index (χ0n) is 33.8. The number of amides is 6. The zero-order chi connectivity index (χ0) is 44.8. The molecule has 60 heavy (non-hydrogen) atoms. The van der Waals surface area contributed by atoms with Crippen molar-refractivity contribution in [1.29, 1.82) is 0 Å². The molecule has 20 nitrogen and oxygen atoms in total. The van der Waals surface area contributed by atoms with Crippen LogP contribution < -0.4 is 32.3 Å². The van der Waals surface area contributed by atoms with Gasteiger partial charge in [0.2, 0.25) is 35.6 Å². The predicted molar refractivity (Wildman–Crippen MR) is 213 cm³/mol. The maximum Gasteiger partial charge on any atom is 0.408 e. The molecule has 0 aliphatic rings. The van der Waals surface area contributed by atoms with Crippen molar-refractivity contribution < 1.29 is 62.8 Å². The molecule has 2 rings (SSSR count). The molecule has 2 aromatic rings. The normalized spacial score (nSPS) is 13.6. The van der Waals surface area contributed by atoms with Gasteiger partial charge in [0.1, 0.15) is 29.8 Å². The molecule has 6 amide bonds. The first-order chi connectivity index (χ1) is 28.2. The highest BCUT2D eigenvalue weighted by atomic mass is 16.6. The van der Waals surface area contributed by atoms with Crippen LogP contribution >= 0.6 is 0 Å². The topological polar surface area (TPSA) is 312 Å². The van der Waals surface area contributed by atoms with Gasteiger partial charge in [-0.3, -0.25) is 33.8 Å². The second kappa shape index (κ2) is 24.8. The largest absolute Gasteiger partial charge is 0.480 e. The summed E-state index contributed by atoms with van der Waals surface area (Å²) in [7, 11) is 0. The molecule has 0 radical (unpaired) electrons. The Morgan fingerprint density at radius 3 is 2.10 bits per heavy atom. The number of ether oxygens (including phenoxy) is 2. The second-order valence-corrected chi connectivity index (χ2v) is 14.4. The molecule has 5 atom stereocenters. The van der Waals surface area contributed by atoms with E-state index < -0.39 is 95.8 Å². The fourth-order valence-electron chi connectivity index (χ4n) is 5.25. The molecule has 0 unspecified atom stereocenters. The third-order valence-electron chi connectivity index (χ3n) is 8.25. The van der Waals surface area contributed by atoms with Crippen LogP contribution in [0.25, 0.3) is 6.08 Å². The third-order valence-corrected chi connectivity index (χ3v) is 8.25. The molecule has 0 aliphatic carbocycles. The number of primary amides is 1. The number of benzene rings is 1. The van der Waals surface area contributed by atoms with Crippen LogP contribution in [0.1, 0.15) is 89.8 Å². The summed E-state index contributed by atoms with van der Waals surface area (Å²) >= 11 is 0. The lowest BCUT2D eigenvalue weighted by Crippen LogP contribution is -2.52. The Balaban J connectivity index is 1.78. The summed E-state index contributed by atoms with van der Waals surface area (Å²) in [4.78, 5) is 115. The van der Waals surface area contributed by atoms with Crippen LogP contribution in [0.2, 0.25) is 0 Å². The lowest BCUT2D eigenvalue weighted by molar-refractivity contribution is -0.166. The van der Waals surface area contributed by atoms with Crippen molar-refractivity contribution in [3.63, 3.8) is 0 Å². The fraction of sp³-hybridized carbons (Fsp3) is 0.450. The average molecular weight is 840 g/mol. The number of aromatic nitrogens is 1. The predicted octanol–water partition coefficient (Wildman–Crippen LogP) is 1.25. The van der Waals surface area contributed by atoms with Gasteiger partial charge in [0.25, 0.3) is 0 Å². The molecule has 1 aromatic heterocycles. The summed E-state index contributed by atoms with van der Waals surface area (Å²) < 4.78 is 10.4. The Morgan fingerprint density at radius 1 is 0.800 bits per heavy atom. The summed E-state index contributed by atoms with van der Waals surface area (Å²) in [6.45, 7) is 6.33. The maximum absolute atomic E-state index is 12.6. The second-order valence-electron chi connectivity index (χ2n) is 14.4. The summed E-state index contributed by atoms with van der Waals surface area (Å²) in [6, 6.07) is 6.36. The number of esters is 1. The van der Waals surface area contributed by atoms with Gasteiger partial charge in [-0.15, -0.1) is 0 Å². The molecule has 0 aliphatic heterocycles. The summed E-state index contributed by atoms with van der Waals surface area (Å²) in [5.41, 5.74) is 5.48. The van der Waals surface area contributed by atoms with E-state index in [4.69, 9.17) is 15.2 Å². The van der Waals surface area contributed by atoms with Gasteiger partial charge in [-0.2, -0.15) is 0 Å². The highest BCUT2D eigenvalue weighted by molar-refractivity contribution is 5.96. The van der Waals surface area contributed by atoms with Gasteiger partial charge in [-0.1, -0.05) is 36.4 Å². The number of alkyl carbamates (subject to hydrolysis) is 1. The van der Waals surface area contributed by atoms with E-state index in [1.54, 1.807) is 57.3 Å². The number of carbonyl (C=O) groups excluding carboxylic acids is 7. The van der Waals surface area contributed by atoms with Crippen LogP contribution in [0, 0.1) is 0 Å². The number of nitrogens with one attached hydrogen (secondary N) is 5. The number of unbranched alkanes of at least 4 members (excludes halogenated alkanes) is 1. The lowest BCUT2D eigenvalue weighted by atomic mass is 10.0. The Hall–Kier alpha value is -6.86. The van der Waals surface area contributed by atoms with E-state index in [0.29, 0.717) is 11.1 Å². The van der Waals surface area contributed by atoms with E-state index in [2.05, 4.69) is 31.6 Å². The van der Waals surface area contributed by atoms with E-state index >= 15 is 0 Å². The van der Waals surface area contributed by atoms with Crippen molar-refractivity contribution in [3.8, 4) is 0 Å². The summed E-state index contributed by atoms with van der Waals surface area (Å²) in [5.74, 6) is -7.48. The molecule has 1 heterocycles. The Labute approximate surface area is 346 Å². The summed E-state index contributed by atoms with van der Waals surface area (Å²) in [6.07, 6.45) is 2.03. The van der Waals surface area contributed by atoms with Gasteiger partial charge in [-0.25, -0.2) is 14.4 Å². The first-order valence-corrected chi connectivity index (χ1v) is 19.0. The number of carboxylic acids is 2. The van der Waals surface area contributed by atoms with E-state index in [-0.39, 0.29) is 45.1 Å². The van der Waals surface area contributed by atoms with Crippen LogP contribution in [-0.2, 0) is 47.8 Å². The number of rotatable bonds is 24. The molecule has 1 aromatic carbocycles. The van der Waals surface area contributed by atoms with Gasteiger partial charge in [0.05, 0.1) is 6.42 Å². The molecule has 0 saturated heterocycles. The highest BCUT2D eigenvalue weighted by Crippen LogP contribution is 2.22. The molecule has 9 N–H and O–H groups in total. The van der Waals surface area contributed by atoms with Crippen LogP contribution in [0.15, 0.2) is 60.9 Å². The van der Waals surface area contributed by atoms with Crippen molar-refractivity contribution in [2.24, 2.45) is 5.73 Å². The average Bonchev–Trinajstić information content (AvgIpc) is 3.18. The molecule has 326 valence electrons. The van der Waals surface area contributed by atoms with Gasteiger partial charge in [0.15, 0.2) is 0 Å². The SMILES string of the molecule is C[C@H](NC(=O)/C=C/c1cccnc1)C(=O)N[C@H](CCC(=O)N[C@@H](CCCCNC(=O)CCC(=O)O[C@@H](C(=O)O)[C@@H](NC(=O)OC(C)(C)C)c1ccccc1)C(=O)O)C(N)=O. The number of hydrogen-bond donors (Lipinski definition) is 8. The number of carboxylic acid groups (broad SMARTS) is 2. The van der Waals surface area contributed by atoms with Crippen molar-refractivity contribution in [1.82, 2.24) is 31.6 Å². The molecule has 0 saturated carbocycles. The molecular formula is C40H53N7O13. The smallest absolute Gasteiger partial charge is 0.408 e. The van der Waals surface area contributed by atoms with Crippen molar-refractivity contribution in [2.75, 3.05) is 6.54 Å². The van der Waals surface area contributed by atoms with Gasteiger partial charge >= 0.3 is 24.0 Å². The molecule has 0 fully saturated rings. The lowest BCUT2D eigenvalue weighted by Gasteiger charge is -2.27. The van der Waals surface area contributed by atoms with Crippen LogP contribution in [0.5, 0.6) is 0 Å². The molecule has 0 bridgehead atoms. The number of aliphatic carboxylic acids is 2. The standard InChI is InChI=1S/C40H53N7O13/c1-24(44-30(49)17-15-25-11-10-21-42-23-25)36(53)46-27(35(41)52)16-18-31(50)45-28(37(54)55)14-8-9-22-43-29(48)19-20-32(51)59-34(38(56)57)33(26-12-6-5-7-13-26)47-39(58)60-40(2,3)4/h5-7,10-13,15,17,21,23-24,27-28,33-34H,8-9,14,16,18-20,22H2,1-4H3,(H2,41,52)(H,43,48)(H,44,49)(H,45,50)(H,46,53)(H,47,58)(H,54,55)(H,56,57)/b17-15+/t24-,27+,28-,33-,34+/m0/s1. The minimum absolute atomic E-state index is 0.0256. The zero-order valence-corrected chi connectivity index (χ0v) is 33.8. The van der Waals surface area contributed by atoms with E-state index in [0.717, 1.165) is 0 Å². The highest BCUT2D eigenvalue weighted by Gasteiger charge is 2.35. The van der Waals surface area contributed by atoms with Crippen LogP contribution in [0.3, 0.4) is 0 Å². The maximum atomic E-state index is 12.6. The van der Waals surface area contributed by atoms with Crippen molar-refractivity contribution in [2.45, 2.75) is 109 Å². The molecule has 20 heteroatoms. The minimum Gasteiger partial charge on any atom is -0.480 e. The minimum atomic E-state index is -1.86. The van der Waals surface area contributed by atoms with Gasteiger partial charge in [0, 0.05) is 37.9 Å². The number of carbonyl (C=O) groups is 9. The number of nitrogens with zero attached hydrogens (tertiary/aromatic N) is 1. The van der Waals surface area contributed by atoms with Crippen LogP contribution in [-0.4, -0.2) is 105 Å². The monoisotopic (exact) mass is 839 g/mol. The first-order valence-electron chi connectivity index (χ1n) is 19.0.